The van der Waals surface area contributed by atoms with E-state index in [1.165, 1.54) is 0 Å². The molecule has 2 nitrogen and oxygen atoms in total. The Morgan fingerprint density at radius 1 is 1.45 bits per heavy atom. The summed E-state index contributed by atoms with van der Waals surface area (Å²) in [5.41, 5.74) is 1.12. The zero-order valence-electron chi connectivity index (χ0n) is 6.87. The summed E-state index contributed by atoms with van der Waals surface area (Å²) in [7, 11) is 0. The molecule has 0 fully saturated rings. The van der Waals surface area contributed by atoms with Crippen molar-refractivity contribution in [1.29, 1.82) is 0 Å². The van der Waals surface area contributed by atoms with Crippen LogP contribution in [0.2, 0.25) is 0 Å². The second-order valence-electron chi connectivity index (χ2n) is 2.12. The fourth-order valence-corrected chi connectivity index (χ4v) is 1.35. The second-order valence-corrected chi connectivity index (χ2v) is 3.35. The van der Waals surface area contributed by atoms with Crippen molar-refractivity contribution in [2.24, 2.45) is 0 Å². The molecule has 1 aromatic heterocycles. The molecule has 0 spiro atoms. The molecule has 0 aliphatic heterocycles. The van der Waals surface area contributed by atoms with Gasteiger partial charge in [0.1, 0.15) is 0 Å². The van der Waals surface area contributed by atoms with Crippen LogP contribution in [-0.2, 0) is 6.42 Å². The van der Waals surface area contributed by atoms with Gasteiger partial charge in [0.25, 0.3) is 0 Å². The average Bonchev–Trinajstić information content (AvgIpc) is 2.06. The third-order valence-electron chi connectivity index (χ3n) is 1.33. The number of aryl methyl sites for hydroxylation is 1. The molecule has 0 saturated carbocycles. The van der Waals surface area contributed by atoms with Crippen LogP contribution in [0.15, 0.2) is 17.4 Å². The Balaban J connectivity index is 2.74. The Bertz CT molecular complexity index is 225. The molecule has 1 rings (SSSR count). The first-order chi connectivity index (χ1) is 5.36. The van der Waals surface area contributed by atoms with Crippen molar-refractivity contribution in [2.75, 3.05) is 5.75 Å². The van der Waals surface area contributed by atoms with Gasteiger partial charge in [0.15, 0.2) is 5.16 Å². The normalized spacial score (nSPS) is 10.0. The van der Waals surface area contributed by atoms with Gasteiger partial charge >= 0.3 is 0 Å². The van der Waals surface area contributed by atoms with E-state index >= 15 is 0 Å². The molecule has 0 aromatic carbocycles. The lowest BCUT2D eigenvalue weighted by Crippen LogP contribution is -1.91. The Kier molecular flexibility index (Phi) is 3.36. The molecular formula is C8H12N2S. The highest BCUT2D eigenvalue weighted by Gasteiger charge is 1.95. The van der Waals surface area contributed by atoms with E-state index in [0.717, 1.165) is 23.0 Å². The van der Waals surface area contributed by atoms with Gasteiger partial charge in [-0.05, 0) is 18.2 Å². The van der Waals surface area contributed by atoms with Gasteiger partial charge in [0.05, 0.1) is 0 Å². The fourth-order valence-electron chi connectivity index (χ4n) is 0.772. The van der Waals surface area contributed by atoms with Gasteiger partial charge in [-0.2, -0.15) is 0 Å². The van der Waals surface area contributed by atoms with Crippen LogP contribution in [0.25, 0.3) is 0 Å². The summed E-state index contributed by atoms with van der Waals surface area (Å²) in [6, 6.07) is 1.96. The van der Waals surface area contributed by atoms with Crippen LogP contribution in [0.3, 0.4) is 0 Å². The van der Waals surface area contributed by atoms with Crippen molar-refractivity contribution in [1.82, 2.24) is 9.97 Å². The summed E-state index contributed by atoms with van der Waals surface area (Å²) in [6.07, 6.45) is 2.81. The lowest BCUT2D eigenvalue weighted by molar-refractivity contribution is 0.890. The van der Waals surface area contributed by atoms with Crippen molar-refractivity contribution < 1.29 is 0 Å². The molecule has 0 saturated heterocycles. The van der Waals surface area contributed by atoms with Crippen molar-refractivity contribution >= 4 is 11.8 Å². The number of rotatable bonds is 3. The monoisotopic (exact) mass is 168 g/mol. The molecule has 0 N–H and O–H groups in total. The highest BCUT2D eigenvalue weighted by Crippen LogP contribution is 2.11. The smallest absolute Gasteiger partial charge is 0.187 e. The SMILES string of the molecule is CCSc1nccc(CC)n1. The van der Waals surface area contributed by atoms with E-state index in [0.29, 0.717) is 0 Å². The van der Waals surface area contributed by atoms with E-state index < -0.39 is 0 Å². The molecule has 0 radical (unpaired) electrons. The molecule has 0 aliphatic rings. The standard InChI is InChI=1S/C8H12N2S/c1-3-7-5-6-9-8(10-7)11-4-2/h5-6H,3-4H2,1-2H3. The summed E-state index contributed by atoms with van der Waals surface area (Å²) in [5, 5.41) is 0.895. The van der Waals surface area contributed by atoms with Gasteiger partial charge in [-0.15, -0.1) is 0 Å². The van der Waals surface area contributed by atoms with Crippen molar-refractivity contribution in [3.05, 3.63) is 18.0 Å². The van der Waals surface area contributed by atoms with E-state index in [4.69, 9.17) is 0 Å². The van der Waals surface area contributed by atoms with E-state index in [2.05, 4.69) is 23.8 Å². The first-order valence-corrected chi connectivity index (χ1v) is 4.80. The number of nitrogens with zero attached hydrogens (tertiary/aromatic N) is 2. The van der Waals surface area contributed by atoms with Gasteiger partial charge in [0, 0.05) is 11.9 Å². The topological polar surface area (TPSA) is 25.8 Å². The van der Waals surface area contributed by atoms with Gasteiger partial charge in [0.2, 0.25) is 0 Å². The Morgan fingerprint density at radius 2 is 2.27 bits per heavy atom. The van der Waals surface area contributed by atoms with Crippen LogP contribution in [0.1, 0.15) is 19.5 Å². The maximum atomic E-state index is 4.33. The lowest BCUT2D eigenvalue weighted by Gasteiger charge is -1.97. The maximum absolute atomic E-state index is 4.33. The molecule has 0 bridgehead atoms. The van der Waals surface area contributed by atoms with Crippen LogP contribution >= 0.6 is 11.8 Å². The minimum atomic E-state index is 0.895. The largest absolute Gasteiger partial charge is 0.231 e. The predicted octanol–water partition coefficient (Wildman–Crippen LogP) is 2.15. The summed E-state index contributed by atoms with van der Waals surface area (Å²) in [5.74, 6) is 1.03. The minimum Gasteiger partial charge on any atom is -0.231 e. The maximum Gasteiger partial charge on any atom is 0.187 e. The predicted molar refractivity (Wildman–Crippen MR) is 47.8 cm³/mol. The highest BCUT2D eigenvalue weighted by molar-refractivity contribution is 7.99. The third-order valence-corrected chi connectivity index (χ3v) is 2.07. The van der Waals surface area contributed by atoms with Crippen molar-refractivity contribution in [3.63, 3.8) is 0 Å². The summed E-state index contributed by atoms with van der Waals surface area (Å²) in [4.78, 5) is 8.46. The first kappa shape index (κ1) is 8.53. The van der Waals surface area contributed by atoms with Crippen LogP contribution < -0.4 is 0 Å². The van der Waals surface area contributed by atoms with Crippen LogP contribution in [0.5, 0.6) is 0 Å². The summed E-state index contributed by atoms with van der Waals surface area (Å²) in [6.45, 7) is 4.20. The molecule has 1 aromatic rings. The lowest BCUT2D eigenvalue weighted by atomic mass is 10.3. The van der Waals surface area contributed by atoms with E-state index in [9.17, 15) is 0 Å². The van der Waals surface area contributed by atoms with Gasteiger partial charge < -0.3 is 0 Å². The van der Waals surface area contributed by atoms with E-state index in [-0.39, 0.29) is 0 Å². The molecule has 0 unspecified atom stereocenters. The fraction of sp³-hybridized carbons (Fsp3) is 0.500. The number of hydrogen-bond donors (Lipinski definition) is 0. The van der Waals surface area contributed by atoms with E-state index in [1.807, 2.05) is 12.3 Å². The summed E-state index contributed by atoms with van der Waals surface area (Å²) < 4.78 is 0. The second kappa shape index (κ2) is 4.34. The Labute approximate surface area is 71.5 Å². The average molecular weight is 168 g/mol. The highest BCUT2D eigenvalue weighted by atomic mass is 32.2. The Morgan fingerprint density at radius 3 is 2.91 bits per heavy atom. The molecule has 0 aliphatic carbocycles. The van der Waals surface area contributed by atoms with Gasteiger partial charge in [-0.1, -0.05) is 25.6 Å². The number of hydrogen-bond acceptors (Lipinski definition) is 3. The molecule has 3 heteroatoms. The molecule has 0 amide bonds. The van der Waals surface area contributed by atoms with E-state index in [1.54, 1.807) is 11.8 Å². The number of aromatic nitrogens is 2. The molecular weight excluding hydrogens is 156 g/mol. The minimum absolute atomic E-state index is 0.895. The third kappa shape index (κ3) is 2.50. The van der Waals surface area contributed by atoms with Gasteiger partial charge in [-0.25, -0.2) is 9.97 Å². The Hall–Kier alpha value is -0.570. The molecule has 60 valence electrons. The molecule has 1 heterocycles. The van der Waals surface area contributed by atoms with Crippen molar-refractivity contribution in [3.8, 4) is 0 Å². The zero-order chi connectivity index (χ0) is 8.10. The van der Waals surface area contributed by atoms with Gasteiger partial charge in [-0.3, -0.25) is 0 Å². The quantitative estimate of drug-likeness (QED) is 0.511. The van der Waals surface area contributed by atoms with Crippen molar-refractivity contribution in [2.45, 2.75) is 25.4 Å². The number of thioether (sulfide) groups is 1. The summed E-state index contributed by atoms with van der Waals surface area (Å²) >= 11 is 1.68. The first-order valence-electron chi connectivity index (χ1n) is 3.81. The molecule has 11 heavy (non-hydrogen) atoms. The van der Waals surface area contributed by atoms with Crippen LogP contribution in [0, 0.1) is 0 Å². The zero-order valence-corrected chi connectivity index (χ0v) is 7.69. The molecule has 0 atom stereocenters. The van der Waals surface area contributed by atoms with Crippen LogP contribution in [-0.4, -0.2) is 15.7 Å². The van der Waals surface area contributed by atoms with Crippen LogP contribution in [0.4, 0.5) is 0 Å².